The summed E-state index contributed by atoms with van der Waals surface area (Å²) in [6.45, 7) is 10.4. The molecule has 2 aromatic carbocycles. The zero-order chi connectivity index (χ0) is 25.2. The molecule has 0 radical (unpaired) electrons. The molecule has 0 saturated carbocycles. The average Bonchev–Trinajstić information content (AvgIpc) is 3.20. The monoisotopic (exact) mass is 483 g/mol. The minimum absolute atomic E-state index is 0.184. The van der Waals surface area contributed by atoms with Gasteiger partial charge in [-0.1, -0.05) is 38.5 Å². The topological polar surface area (TPSA) is 59.8 Å². The van der Waals surface area contributed by atoms with Gasteiger partial charge in [0, 0.05) is 25.7 Å². The van der Waals surface area contributed by atoms with Crippen LogP contribution in [0.3, 0.4) is 0 Å². The van der Waals surface area contributed by atoms with Crippen LogP contribution in [0.2, 0.25) is 0 Å². The number of aliphatic hydroxyl groups is 1. The van der Waals surface area contributed by atoms with Crippen LogP contribution >= 0.6 is 0 Å². The van der Waals surface area contributed by atoms with Gasteiger partial charge in [-0.25, -0.2) is 9.07 Å². The molecular weight excluding hydrogens is 445 g/mol. The molecule has 0 aliphatic carbocycles. The van der Waals surface area contributed by atoms with Gasteiger partial charge in [0.15, 0.2) is 0 Å². The van der Waals surface area contributed by atoms with Crippen molar-refractivity contribution >= 4 is 0 Å². The van der Waals surface area contributed by atoms with Crippen molar-refractivity contribution in [3.05, 3.63) is 71.7 Å². The Hall–Kier alpha value is -2.74. The number of para-hydroxylation sites is 1. The predicted molar refractivity (Wildman–Crippen MR) is 137 cm³/mol. The maximum Gasteiger partial charge on any atom is 0.227 e. The van der Waals surface area contributed by atoms with E-state index in [0.717, 1.165) is 36.2 Å². The highest BCUT2D eigenvalue weighted by molar-refractivity contribution is 5.43. The molecule has 3 rings (SSSR count). The Morgan fingerprint density at radius 2 is 1.77 bits per heavy atom. The molecule has 190 valence electrons. The van der Waals surface area contributed by atoms with Crippen LogP contribution in [-0.4, -0.2) is 51.7 Å². The molecule has 1 N–H and O–H groups in total. The molecule has 1 atom stereocenters. The number of ether oxygens (including phenoxy) is 2. The van der Waals surface area contributed by atoms with Gasteiger partial charge in [0.1, 0.15) is 11.6 Å². The van der Waals surface area contributed by atoms with E-state index in [9.17, 15) is 9.50 Å². The standard InChI is InChI=1S/C28H38FN3O3/c1-5-7-17-34-20-24(33)18-31(21(3)4)19-26-27(6-2)30-32(23-11-9-8-10-12-23)28(26)35-25-15-13-22(29)14-16-25/h8-16,21,24,33H,5-7,17-20H2,1-4H3/t24-/m0/s1. The minimum Gasteiger partial charge on any atom is -0.439 e. The van der Waals surface area contributed by atoms with Crippen LogP contribution in [0.1, 0.15) is 51.8 Å². The van der Waals surface area contributed by atoms with Crippen LogP contribution in [0.4, 0.5) is 4.39 Å². The fourth-order valence-corrected chi connectivity index (χ4v) is 3.83. The Bertz CT molecular complexity index is 1020. The van der Waals surface area contributed by atoms with E-state index in [-0.39, 0.29) is 11.9 Å². The van der Waals surface area contributed by atoms with E-state index < -0.39 is 6.10 Å². The maximum absolute atomic E-state index is 13.5. The van der Waals surface area contributed by atoms with E-state index in [4.69, 9.17) is 14.6 Å². The lowest BCUT2D eigenvalue weighted by Gasteiger charge is -2.29. The Morgan fingerprint density at radius 1 is 1.06 bits per heavy atom. The van der Waals surface area contributed by atoms with Gasteiger partial charge in [0.25, 0.3) is 0 Å². The van der Waals surface area contributed by atoms with E-state index in [1.165, 1.54) is 12.1 Å². The first-order valence-electron chi connectivity index (χ1n) is 12.5. The summed E-state index contributed by atoms with van der Waals surface area (Å²) >= 11 is 0. The first-order chi connectivity index (χ1) is 16.9. The Labute approximate surface area is 208 Å². The molecule has 7 heteroatoms. The lowest BCUT2D eigenvalue weighted by atomic mass is 10.1. The Balaban J connectivity index is 1.92. The number of aryl methyl sites for hydroxylation is 1. The molecule has 0 fully saturated rings. The molecule has 0 unspecified atom stereocenters. The number of hydrogen-bond donors (Lipinski definition) is 1. The van der Waals surface area contributed by atoms with E-state index in [0.29, 0.717) is 37.9 Å². The number of aliphatic hydroxyl groups excluding tert-OH is 1. The maximum atomic E-state index is 13.5. The molecular formula is C28H38FN3O3. The van der Waals surface area contributed by atoms with Crippen LogP contribution < -0.4 is 4.74 Å². The van der Waals surface area contributed by atoms with Crippen LogP contribution in [0.5, 0.6) is 11.6 Å². The highest BCUT2D eigenvalue weighted by Crippen LogP contribution is 2.32. The second kappa shape index (κ2) is 13.4. The van der Waals surface area contributed by atoms with E-state index in [2.05, 4.69) is 32.6 Å². The van der Waals surface area contributed by atoms with Gasteiger partial charge >= 0.3 is 0 Å². The summed E-state index contributed by atoms with van der Waals surface area (Å²) in [6.07, 6.45) is 2.19. The van der Waals surface area contributed by atoms with E-state index in [1.807, 2.05) is 30.3 Å². The second-order valence-electron chi connectivity index (χ2n) is 8.99. The summed E-state index contributed by atoms with van der Waals surface area (Å²) in [6, 6.07) is 16.0. The highest BCUT2D eigenvalue weighted by Gasteiger charge is 2.25. The number of unbranched alkanes of at least 4 members (excludes halogenated alkanes) is 1. The number of halogens is 1. The van der Waals surface area contributed by atoms with Crippen molar-refractivity contribution in [3.63, 3.8) is 0 Å². The molecule has 0 bridgehead atoms. The predicted octanol–water partition coefficient (Wildman–Crippen LogP) is 5.75. The number of hydrogen-bond acceptors (Lipinski definition) is 5. The molecule has 1 heterocycles. The molecule has 6 nitrogen and oxygen atoms in total. The Kier molecular flexibility index (Phi) is 10.3. The molecule has 0 amide bonds. The van der Waals surface area contributed by atoms with E-state index in [1.54, 1.807) is 16.8 Å². The summed E-state index contributed by atoms with van der Waals surface area (Å²) in [5.74, 6) is 0.816. The van der Waals surface area contributed by atoms with Crippen LogP contribution in [0.15, 0.2) is 54.6 Å². The first kappa shape index (κ1) is 26.9. The summed E-state index contributed by atoms with van der Waals surface area (Å²) in [7, 11) is 0. The molecule has 0 spiro atoms. The molecule has 35 heavy (non-hydrogen) atoms. The number of aromatic nitrogens is 2. The van der Waals surface area contributed by atoms with Crippen LogP contribution in [-0.2, 0) is 17.7 Å². The van der Waals surface area contributed by atoms with Crippen LogP contribution in [0.25, 0.3) is 5.69 Å². The van der Waals surface area contributed by atoms with Crippen molar-refractivity contribution in [2.24, 2.45) is 0 Å². The van der Waals surface area contributed by atoms with Gasteiger partial charge in [0.05, 0.1) is 29.7 Å². The van der Waals surface area contributed by atoms with Gasteiger partial charge in [-0.3, -0.25) is 4.90 Å². The molecule has 0 saturated heterocycles. The summed E-state index contributed by atoms with van der Waals surface area (Å²) in [5, 5.41) is 15.5. The number of rotatable bonds is 14. The van der Waals surface area contributed by atoms with Gasteiger partial charge in [-0.05, 0) is 63.1 Å². The van der Waals surface area contributed by atoms with Crippen molar-refractivity contribution in [2.45, 2.75) is 65.6 Å². The smallest absolute Gasteiger partial charge is 0.227 e. The van der Waals surface area contributed by atoms with Gasteiger partial charge in [-0.15, -0.1) is 0 Å². The summed E-state index contributed by atoms with van der Waals surface area (Å²) < 4.78 is 27.3. The lowest BCUT2D eigenvalue weighted by molar-refractivity contribution is 0.00841. The molecule has 0 aliphatic rings. The second-order valence-corrected chi connectivity index (χ2v) is 8.99. The normalized spacial score (nSPS) is 12.5. The third-order valence-electron chi connectivity index (χ3n) is 5.87. The quantitative estimate of drug-likeness (QED) is 0.296. The fraction of sp³-hybridized carbons (Fsp3) is 0.464. The molecule has 3 aromatic rings. The molecule has 0 aliphatic heterocycles. The largest absolute Gasteiger partial charge is 0.439 e. The third-order valence-corrected chi connectivity index (χ3v) is 5.87. The molecule has 1 aromatic heterocycles. The fourth-order valence-electron chi connectivity index (χ4n) is 3.83. The van der Waals surface area contributed by atoms with Gasteiger partial charge < -0.3 is 14.6 Å². The van der Waals surface area contributed by atoms with Crippen molar-refractivity contribution in [2.75, 3.05) is 19.8 Å². The number of nitrogens with zero attached hydrogens (tertiary/aromatic N) is 3. The third kappa shape index (κ3) is 7.62. The van der Waals surface area contributed by atoms with Crippen molar-refractivity contribution in [3.8, 4) is 17.3 Å². The van der Waals surface area contributed by atoms with Crippen molar-refractivity contribution in [1.29, 1.82) is 0 Å². The van der Waals surface area contributed by atoms with E-state index >= 15 is 0 Å². The van der Waals surface area contributed by atoms with Gasteiger partial charge in [0.2, 0.25) is 5.88 Å². The van der Waals surface area contributed by atoms with Crippen LogP contribution in [0, 0.1) is 5.82 Å². The number of benzene rings is 2. The van der Waals surface area contributed by atoms with Crippen molar-refractivity contribution < 1.29 is 19.0 Å². The minimum atomic E-state index is -0.593. The summed E-state index contributed by atoms with van der Waals surface area (Å²) in [5.41, 5.74) is 2.75. The van der Waals surface area contributed by atoms with Gasteiger partial charge in [-0.2, -0.15) is 5.10 Å². The SMILES string of the molecule is CCCCOC[C@@H](O)CN(Cc1c(CC)nn(-c2ccccc2)c1Oc1ccc(F)cc1)C(C)C. The lowest BCUT2D eigenvalue weighted by Crippen LogP contribution is -2.39. The first-order valence-corrected chi connectivity index (χ1v) is 12.5. The summed E-state index contributed by atoms with van der Waals surface area (Å²) in [4.78, 5) is 2.21. The van der Waals surface area contributed by atoms with Crippen molar-refractivity contribution in [1.82, 2.24) is 14.7 Å². The zero-order valence-corrected chi connectivity index (χ0v) is 21.3. The zero-order valence-electron chi connectivity index (χ0n) is 21.3. The Morgan fingerprint density at radius 3 is 2.40 bits per heavy atom. The average molecular weight is 484 g/mol. The highest BCUT2D eigenvalue weighted by atomic mass is 19.1.